The van der Waals surface area contributed by atoms with Crippen LogP contribution < -0.4 is 10.5 Å². The second-order valence-electron chi connectivity index (χ2n) is 4.40. The normalized spacial score (nSPS) is 15.2. The number of sulfonamides is 1. The fourth-order valence-corrected chi connectivity index (χ4v) is 4.34. The molecular formula is C11H17ClN2O3S2. The minimum Gasteiger partial charge on any atom is -0.398 e. The van der Waals surface area contributed by atoms with Crippen LogP contribution in [0.4, 0.5) is 5.69 Å². The Bertz CT molecular complexity index is 602. The van der Waals surface area contributed by atoms with Gasteiger partial charge in [0.05, 0.1) is 5.02 Å². The average Bonchev–Trinajstić information content (AvgIpc) is 2.20. The molecule has 108 valence electrons. The van der Waals surface area contributed by atoms with E-state index >= 15 is 0 Å². The smallest absolute Gasteiger partial charge is 0.242 e. The van der Waals surface area contributed by atoms with Gasteiger partial charge in [-0.2, -0.15) is 0 Å². The lowest BCUT2D eigenvalue weighted by molar-refractivity contribution is 0.570. The SMILES string of the molecule is Cc1cc(Cl)c(S(=O)(=O)NC(C)CS(C)=O)cc1N. The van der Waals surface area contributed by atoms with Gasteiger partial charge in [0.15, 0.2) is 0 Å². The molecule has 8 heteroatoms. The molecule has 0 heterocycles. The van der Waals surface area contributed by atoms with Gasteiger partial charge < -0.3 is 5.73 Å². The molecule has 0 aliphatic carbocycles. The molecule has 0 saturated carbocycles. The van der Waals surface area contributed by atoms with Crippen LogP contribution in [0.15, 0.2) is 17.0 Å². The molecule has 0 spiro atoms. The standard InChI is InChI=1S/C11H17ClN2O3S2/c1-7-4-9(12)11(5-10(7)13)19(16,17)14-8(2)6-18(3)15/h4-5,8,14H,6,13H2,1-3H3. The molecule has 0 fully saturated rings. The third-order valence-corrected chi connectivity index (χ3v) is 5.47. The number of nitrogens with one attached hydrogen (secondary N) is 1. The molecule has 0 radical (unpaired) electrons. The number of nitrogens with two attached hydrogens (primary N) is 1. The van der Waals surface area contributed by atoms with E-state index in [9.17, 15) is 12.6 Å². The van der Waals surface area contributed by atoms with Crippen LogP contribution in [0.3, 0.4) is 0 Å². The molecule has 1 rings (SSSR count). The molecule has 0 saturated heterocycles. The number of rotatable bonds is 5. The quantitative estimate of drug-likeness (QED) is 0.798. The maximum atomic E-state index is 12.2. The predicted octanol–water partition coefficient (Wildman–Crippen LogP) is 1.28. The number of anilines is 1. The Labute approximate surface area is 121 Å². The van der Waals surface area contributed by atoms with Crippen molar-refractivity contribution in [1.82, 2.24) is 4.72 Å². The molecular weight excluding hydrogens is 308 g/mol. The Hall–Kier alpha value is -0.630. The van der Waals surface area contributed by atoms with Gasteiger partial charge in [0.1, 0.15) is 4.90 Å². The summed E-state index contributed by atoms with van der Waals surface area (Å²) in [7, 11) is -4.86. The van der Waals surface area contributed by atoms with Gasteiger partial charge >= 0.3 is 0 Å². The molecule has 0 bridgehead atoms. The van der Waals surface area contributed by atoms with E-state index in [1.807, 2.05) is 0 Å². The van der Waals surface area contributed by atoms with E-state index in [-0.39, 0.29) is 15.7 Å². The van der Waals surface area contributed by atoms with Gasteiger partial charge in [-0.3, -0.25) is 4.21 Å². The second-order valence-corrected chi connectivity index (χ2v) is 7.97. The zero-order valence-electron chi connectivity index (χ0n) is 10.9. The first kappa shape index (κ1) is 16.4. The first-order valence-corrected chi connectivity index (χ1v) is 9.10. The number of hydrogen-bond donors (Lipinski definition) is 2. The Morgan fingerprint density at radius 1 is 1.47 bits per heavy atom. The molecule has 1 aromatic rings. The second kappa shape index (κ2) is 6.21. The highest BCUT2D eigenvalue weighted by Gasteiger charge is 2.21. The largest absolute Gasteiger partial charge is 0.398 e. The molecule has 1 aromatic carbocycles. The lowest BCUT2D eigenvalue weighted by Crippen LogP contribution is -2.36. The lowest BCUT2D eigenvalue weighted by atomic mass is 10.2. The van der Waals surface area contributed by atoms with E-state index in [2.05, 4.69) is 4.72 Å². The molecule has 3 N–H and O–H groups in total. The van der Waals surface area contributed by atoms with Crippen LogP contribution in [0, 0.1) is 6.92 Å². The summed E-state index contributed by atoms with van der Waals surface area (Å²) in [5.74, 6) is 0.234. The monoisotopic (exact) mass is 324 g/mol. The molecule has 0 aromatic heterocycles. The molecule has 0 amide bonds. The van der Waals surface area contributed by atoms with Crippen LogP contribution in [0.2, 0.25) is 5.02 Å². The van der Waals surface area contributed by atoms with E-state index in [1.54, 1.807) is 13.8 Å². The average molecular weight is 325 g/mol. The highest BCUT2D eigenvalue weighted by molar-refractivity contribution is 7.89. The van der Waals surface area contributed by atoms with Gasteiger partial charge in [-0.25, -0.2) is 13.1 Å². The first-order valence-electron chi connectivity index (χ1n) is 5.51. The Balaban J connectivity index is 3.07. The summed E-state index contributed by atoms with van der Waals surface area (Å²) in [6.07, 6.45) is 1.52. The van der Waals surface area contributed by atoms with Crippen molar-refractivity contribution in [2.24, 2.45) is 0 Å². The van der Waals surface area contributed by atoms with Crippen molar-refractivity contribution in [2.45, 2.75) is 24.8 Å². The maximum Gasteiger partial charge on any atom is 0.242 e. The first-order chi connectivity index (χ1) is 8.63. The van der Waals surface area contributed by atoms with Crippen molar-refractivity contribution < 1.29 is 12.6 Å². The third-order valence-electron chi connectivity index (χ3n) is 2.45. The van der Waals surface area contributed by atoms with Crippen molar-refractivity contribution in [2.75, 3.05) is 17.7 Å². The minimum atomic E-state index is -3.77. The number of benzene rings is 1. The minimum absolute atomic E-state index is 0.0639. The fraction of sp³-hybridized carbons (Fsp3) is 0.455. The van der Waals surface area contributed by atoms with Crippen LogP contribution in [-0.2, 0) is 20.8 Å². The van der Waals surface area contributed by atoms with Crippen molar-refractivity contribution in [3.05, 3.63) is 22.7 Å². The fourth-order valence-electron chi connectivity index (χ4n) is 1.59. The van der Waals surface area contributed by atoms with Crippen molar-refractivity contribution in [1.29, 1.82) is 0 Å². The predicted molar refractivity (Wildman–Crippen MR) is 79.3 cm³/mol. The number of nitrogen functional groups attached to an aromatic ring is 1. The zero-order valence-corrected chi connectivity index (χ0v) is 13.3. The van der Waals surface area contributed by atoms with Gasteiger partial charge in [0.2, 0.25) is 10.0 Å². The van der Waals surface area contributed by atoms with Gasteiger partial charge in [-0.05, 0) is 31.5 Å². The maximum absolute atomic E-state index is 12.2. The molecule has 19 heavy (non-hydrogen) atoms. The summed E-state index contributed by atoms with van der Waals surface area (Å²) in [6.45, 7) is 3.39. The van der Waals surface area contributed by atoms with E-state index in [0.717, 1.165) is 0 Å². The Kier molecular flexibility index (Phi) is 5.37. The third kappa shape index (κ3) is 4.45. The highest BCUT2D eigenvalue weighted by Crippen LogP contribution is 2.26. The zero-order chi connectivity index (χ0) is 14.8. The topological polar surface area (TPSA) is 89.3 Å². The Morgan fingerprint density at radius 2 is 2.05 bits per heavy atom. The summed E-state index contributed by atoms with van der Waals surface area (Å²) in [5.41, 5.74) is 6.77. The highest BCUT2D eigenvalue weighted by atomic mass is 35.5. The van der Waals surface area contributed by atoms with E-state index in [0.29, 0.717) is 11.3 Å². The van der Waals surface area contributed by atoms with Crippen molar-refractivity contribution in [3.63, 3.8) is 0 Å². The van der Waals surface area contributed by atoms with Gasteiger partial charge in [0, 0.05) is 34.5 Å². The number of halogens is 1. The van der Waals surface area contributed by atoms with E-state index in [4.69, 9.17) is 17.3 Å². The van der Waals surface area contributed by atoms with Crippen LogP contribution >= 0.6 is 11.6 Å². The van der Waals surface area contributed by atoms with Crippen molar-refractivity contribution >= 4 is 38.1 Å². The van der Waals surface area contributed by atoms with Crippen LogP contribution in [-0.4, -0.2) is 30.7 Å². The van der Waals surface area contributed by atoms with Crippen LogP contribution in [0.25, 0.3) is 0 Å². The number of hydrogen-bond acceptors (Lipinski definition) is 4. The van der Waals surface area contributed by atoms with Gasteiger partial charge in [-0.1, -0.05) is 11.6 Å². The van der Waals surface area contributed by atoms with Gasteiger partial charge in [0.25, 0.3) is 0 Å². The molecule has 0 aliphatic rings. The summed E-state index contributed by atoms with van der Waals surface area (Å²) >= 11 is 5.94. The van der Waals surface area contributed by atoms with E-state index in [1.165, 1.54) is 18.4 Å². The molecule has 0 aliphatic heterocycles. The Morgan fingerprint density at radius 3 is 2.58 bits per heavy atom. The summed E-state index contributed by atoms with van der Waals surface area (Å²) in [5, 5.41) is 0.115. The van der Waals surface area contributed by atoms with Crippen LogP contribution in [0.1, 0.15) is 12.5 Å². The summed E-state index contributed by atoms with van der Waals surface area (Å²) < 4.78 is 37.8. The van der Waals surface area contributed by atoms with Crippen molar-refractivity contribution in [3.8, 4) is 0 Å². The molecule has 5 nitrogen and oxygen atoms in total. The lowest BCUT2D eigenvalue weighted by Gasteiger charge is -2.14. The summed E-state index contributed by atoms with van der Waals surface area (Å²) in [6, 6.07) is 2.39. The van der Waals surface area contributed by atoms with Gasteiger partial charge in [-0.15, -0.1) is 0 Å². The molecule has 2 atom stereocenters. The molecule has 2 unspecified atom stereocenters. The van der Waals surface area contributed by atoms with Crippen LogP contribution in [0.5, 0.6) is 0 Å². The summed E-state index contributed by atoms with van der Waals surface area (Å²) in [4.78, 5) is -0.0639. The van der Waals surface area contributed by atoms with E-state index < -0.39 is 26.9 Å². The number of aryl methyl sites for hydroxylation is 1.